The number of nitrogens with two attached hydrogens (primary N) is 1. The number of hydrogen-bond acceptors (Lipinski definition) is 8. The number of rotatable bonds is 11. The van der Waals surface area contributed by atoms with Crippen LogP contribution < -0.4 is 26.4 Å². The second-order valence-electron chi connectivity index (χ2n) is 11.0. The number of carbonyl (C=O) groups excluding carboxylic acids is 1. The summed E-state index contributed by atoms with van der Waals surface area (Å²) in [7, 11) is -2.96. The van der Waals surface area contributed by atoms with Gasteiger partial charge in [0.05, 0.1) is 39.9 Å². The van der Waals surface area contributed by atoms with Crippen molar-refractivity contribution in [3.05, 3.63) is 84.1 Å². The molecular formula is C32H33F5N8O3S. The molecule has 1 aliphatic rings. The molecule has 0 saturated carbocycles. The fraction of sp³-hybridized carbons (Fsp3) is 0.250. The minimum absolute atomic E-state index is 0.182. The maximum atomic E-state index is 15.3. The molecule has 1 aliphatic heterocycles. The van der Waals surface area contributed by atoms with Crippen LogP contribution in [-0.4, -0.2) is 70.4 Å². The standard InChI is InChI=1S/C32H33F5N8O3S/c1-49(38,47)23-5-2-4-22(18-23)41-30-40-19-24(29(44-30)39-10-3-11-45-12-14-48-15-13-45)20-6-9-27(26(34)16-20)42-31(46)43-28-17-21(32(35,36)37)7-8-25(28)33/h2,4-9,16-19H,1,3,10-15H2,(H2,38,47)(H2,42,43,46)(H2,39,40,41,44). The van der Waals surface area contributed by atoms with Gasteiger partial charge in [0.15, 0.2) is 0 Å². The molecule has 1 unspecified atom stereocenters. The van der Waals surface area contributed by atoms with E-state index >= 15 is 4.39 Å². The first kappa shape index (κ1) is 35.5. The SMILES string of the molecule is C=S(N)(=O)c1cccc(Nc2ncc(-c3ccc(NC(=O)Nc4cc(C(F)(F)F)ccc4F)c(F)c3)c(NCCCN3CCOCC3)n2)c1. The normalized spacial score (nSPS) is 14.9. The van der Waals surface area contributed by atoms with Gasteiger partial charge in [-0.2, -0.15) is 18.2 Å². The molecule has 0 aliphatic carbocycles. The molecule has 4 aromatic rings. The van der Waals surface area contributed by atoms with Crippen molar-refractivity contribution in [3.63, 3.8) is 0 Å². The number of nitrogens with zero attached hydrogens (tertiary/aromatic N) is 3. The quantitative estimate of drug-likeness (QED) is 0.0736. The lowest BCUT2D eigenvalue weighted by Gasteiger charge is -2.26. The molecule has 1 fully saturated rings. The first-order chi connectivity index (χ1) is 23.3. The highest BCUT2D eigenvalue weighted by atomic mass is 32.2. The van der Waals surface area contributed by atoms with Gasteiger partial charge in [0, 0.05) is 42.0 Å². The zero-order valence-electron chi connectivity index (χ0n) is 25.9. The van der Waals surface area contributed by atoms with E-state index in [2.05, 4.69) is 36.7 Å². The second-order valence-corrected chi connectivity index (χ2v) is 13.0. The van der Waals surface area contributed by atoms with Gasteiger partial charge >= 0.3 is 12.2 Å². The minimum atomic E-state index is -4.76. The van der Waals surface area contributed by atoms with E-state index in [4.69, 9.17) is 9.88 Å². The van der Waals surface area contributed by atoms with Gasteiger partial charge in [-0.05, 0) is 72.9 Å². The number of anilines is 5. The first-order valence-corrected chi connectivity index (χ1v) is 16.7. The number of alkyl halides is 3. The molecule has 0 spiro atoms. The van der Waals surface area contributed by atoms with Crippen LogP contribution in [0.25, 0.3) is 11.1 Å². The van der Waals surface area contributed by atoms with Crippen molar-refractivity contribution in [1.82, 2.24) is 14.9 Å². The van der Waals surface area contributed by atoms with Crippen LogP contribution in [-0.2, 0) is 20.6 Å². The number of urea groups is 1. The molecule has 5 rings (SSSR count). The van der Waals surface area contributed by atoms with Crippen LogP contribution in [0.4, 0.5) is 55.6 Å². The van der Waals surface area contributed by atoms with E-state index in [1.807, 2.05) is 5.32 Å². The van der Waals surface area contributed by atoms with E-state index < -0.39 is 44.8 Å². The number of halogens is 5. The predicted molar refractivity (Wildman–Crippen MR) is 179 cm³/mol. The first-order valence-electron chi connectivity index (χ1n) is 14.9. The Morgan fingerprint density at radius 3 is 2.47 bits per heavy atom. The molecule has 260 valence electrons. The topological polar surface area (TPSA) is 147 Å². The van der Waals surface area contributed by atoms with Gasteiger partial charge in [0.25, 0.3) is 0 Å². The van der Waals surface area contributed by atoms with Crippen molar-refractivity contribution in [1.29, 1.82) is 0 Å². The van der Waals surface area contributed by atoms with E-state index in [1.165, 1.54) is 18.3 Å². The molecule has 0 radical (unpaired) electrons. The molecule has 0 bridgehead atoms. The second kappa shape index (κ2) is 15.1. The Morgan fingerprint density at radius 2 is 1.76 bits per heavy atom. The number of morpholine rings is 1. The van der Waals surface area contributed by atoms with E-state index in [0.29, 0.717) is 65.5 Å². The average Bonchev–Trinajstić information content (AvgIpc) is 3.05. The third-order valence-electron chi connectivity index (χ3n) is 7.40. The Labute approximate surface area is 279 Å². The summed E-state index contributed by atoms with van der Waals surface area (Å²) in [4.78, 5) is 24.0. The molecule has 2 amide bonds. The summed E-state index contributed by atoms with van der Waals surface area (Å²) in [5.74, 6) is 2.07. The van der Waals surface area contributed by atoms with Gasteiger partial charge in [0.1, 0.15) is 17.5 Å². The highest BCUT2D eigenvalue weighted by molar-refractivity contribution is 7.98. The number of nitrogens with one attached hydrogen (secondary N) is 4. The van der Waals surface area contributed by atoms with Crippen LogP contribution in [0, 0.1) is 11.6 Å². The highest BCUT2D eigenvalue weighted by Crippen LogP contribution is 2.33. The Hall–Kier alpha value is -4.84. The van der Waals surface area contributed by atoms with Crippen LogP contribution in [0.2, 0.25) is 0 Å². The van der Waals surface area contributed by atoms with E-state index in [9.17, 15) is 26.6 Å². The number of carbonyl (C=O) groups is 1. The molecule has 1 saturated heterocycles. The van der Waals surface area contributed by atoms with Crippen LogP contribution in [0.15, 0.2) is 71.8 Å². The van der Waals surface area contributed by atoms with E-state index in [1.54, 1.807) is 24.3 Å². The Bertz CT molecular complexity index is 1920. The lowest BCUT2D eigenvalue weighted by Crippen LogP contribution is -2.37. The third-order valence-corrected chi connectivity index (χ3v) is 8.45. The number of aromatic nitrogens is 2. The van der Waals surface area contributed by atoms with Crippen molar-refractivity contribution in [2.75, 3.05) is 60.7 Å². The van der Waals surface area contributed by atoms with Crippen LogP contribution in [0.1, 0.15) is 12.0 Å². The number of amides is 2. The Kier molecular flexibility index (Phi) is 11.0. The van der Waals surface area contributed by atoms with Gasteiger partial charge in [-0.3, -0.25) is 10.0 Å². The molecule has 17 heteroatoms. The average molecular weight is 705 g/mol. The van der Waals surface area contributed by atoms with Crippen molar-refractivity contribution >= 4 is 50.4 Å². The summed E-state index contributed by atoms with van der Waals surface area (Å²) < 4.78 is 86.1. The number of hydrogen-bond donors (Lipinski definition) is 5. The highest BCUT2D eigenvalue weighted by Gasteiger charge is 2.31. The fourth-order valence-corrected chi connectivity index (χ4v) is 5.53. The number of benzene rings is 3. The van der Waals surface area contributed by atoms with Crippen LogP contribution in [0.5, 0.6) is 0 Å². The van der Waals surface area contributed by atoms with Crippen molar-refractivity contribution < 1.29 is 35.7 Å². The van der Waals surface area contributed by atoms with Gasteiger partial charge in [-0.1, -0.05) is 12.1 Å². The van der Waals surface area contributed by atoms with Crippen LogP contribution in [0.3, 0.4) is 0 Å². The van der Waals surface area contributed by atoms with Crippen LogP contribution >= 0.6 is 0 Å². The zero-order valence-corrected chi connectivity index (χ0v) is 26.8. The summed E-state index contributed by atoms with van der Waals surface area (Å²) in [6.07, 6.45) is -2.52. The van der Waals surface area contributed by atoms with Gasteiger partial charge < -0.3 is 26.0 Å². The fourth-order valence-electron chi connectivity index (χ4n) is 4.90. The molecule has 1 atom stereocenters. The molecule has 6 N–H and O–H groups in total. The predicted octanol–water partition coefficient (Wildman–Crippen LogP) is 5.91. The Balaban J connectivity index is 1.34. The summed E-state index contributed by atoms with van der Waals surface area (Å²) in [6.45, 7) is 4.35. The molecule has 2 heterocycles. The molecular weight excluding hydrogens is 671 g/mol. The smallest absolute Gasteiger partial charge is 0.379 e. The van der Waals surface area contributed by atoms with E-state index in [0.717, 1.165) is 32.1 Å². The monoisotopic (exact) mass is 704 g/mol. The zero-order chi connectivity index (χ0) is 35.2. The van der Waals surface area contributed by atoms with E-state index in [-0.39, 0.29) is 11.6 Å². The largest absolute Gasteiger partial charge is 0.416 e. The summed E-state index contributed by atoms with van der Waals surface area (Å²) in [5, 5.41) is 16.2. The number of ether oxygens (including phenoxy) is 1. The lowest BCUT2D eigenvalue weighted by atomic mass is 10.1. The maximum absolute atomic E-state index is 15.3. The lowest BCUT2D eigenvalue weighted by molar-refractivity contribution is -0.137. The summed E-state index contributed by atoms with van der Waals surface area (Å²) in [6, 6.07) is 10.8. The van der Waals surface area contributed by atoms with Gasteiger partial charge in [-0.15, -0.1) is 0 Å². The Morgan fingerprint density at radius 1 is 1.00 bits per heavy atom. The molecule has 3 aromatic carbocycles. The summed E-state index contributed by atoms with van der Waals surface area (Å²) in [5.41, 5.74) is -0.925. The van der Waals surface area contributed by atoms with Crippen molar-refractivity contribution in [2.45, 2.75) is 17.5 Å². The third kappa shape index (κ3) is 9.62. The molecule has 1 aromatic heterocycles. The van der Waals surface area contributed by atoms with Crippen molar-refractivity contribution in [2.24, 2.45) is 5.14 Å². The maximum Gasteiger partial charge on any atom is 0.416 e. The van der Waals surface area contributed by atoms with Crippen molar-refractivity contribution in [3.8, 4) is 11.1 Å². The molecule has 49 heavy (non-hydrogen) atoms. The van der Waals surface area contributed by atoms with Gasteiger partial charge in [0.2, 0.25) is 5.95 Å². The summed E-state index contributed by atoms with van der Waals surface area (Å²) >= 11 is 0. The molecule has 11 nitrogen and oxygen atoms in total. The minimum Gasteiger partial charge on any atom is -0.379 e. The van der Waals surface area contributed by atoms with Gasteiger partial charge in [-0.25, -0.2) is 22.8 Å².